The van der Waals surface area contributed by atoms with Gasteiger partial charge in [-0.3, -0.25) is 0 Å². The quantitative estimate of drug-likeness (QED) is 0.220. The van der Waals surface area contributed by atoms with Gasteiger partial charge in [0.2, 0.25) is 0 Å². The van der Waals surface area contributed by atoms with E-state index in [1.807, 2.05) is 84.9 Å². The van der Waals surface area contributed by atoms with Gasteiger partial charge < -0.3 is 0 Å². The summed E-state index contributed by atoms with van der Waals surface area (Å²) in [6, 6.07) is 51.3. The van der Waals surface area contributed by atoms with Crippen molar-refractivity contribution in [1.29, 1.82) is 5.26 Å². The highest BCUT2D eigenvalue weighted by Crippen LogP contribution is 2.31. The fourth-order valence-electron chi connectivity index (χ4n) is 5.12. The number of nitrogens with zero attached hydrogens (tertiary/aromatic N) is 4. The van der Waals surface area contributed by atoms with E-state index in [0.717, 1.165) is 44.3 Å². The average molecular weight is 537 g/mol. The van der Waals surface area contributed by atoms with Crippen LogP contribution in [0, 0.1) is 11.3 Å². The molecule has 0 amide bonds. The van der Waals surface area contributed by atoms with Crippen LogP contribution in [-0.2, 0) is 0 Å². The van der Waals surface area contributed by atoms with Crippen molar-refractivity contribution in [3.63, 3.8) is 0 Å². The molecule has 0 aliphatic rings. The molecule has 7 aromatic rings. The second-order valence-electron chi connectivity index (χ2n) is 10.1. The van der Waals surface area contributed by atoms with Crippen molar-refractivity contribution in [2.75, 3.05) is 0 Å². The lowest BCUT2D eigenvalue weighted by Gasteiger charge is -2.10. The summed E-state index contributed by atoms with van der Waals surface area (Å²) in [6.07, 6.45) is 0. The summed E-state index contributed by atoms with van der Waals surface area (Å²) in [5, 5.41) is 11.6. The molecule has 0 atom stereocenters. The Hall–Kier alpha value is -5.92. The van der Waals surface area contributed by atoms with Crippen molar-refractivity contribution in [2.24, 2.45) is 0 Å². The summed E-state index contributed by atoms with van der Waals surface area (Å²) >= 11 is 0. The molecule has 0 saturated carbocycles. The van der Waals surface area contributed by atoms with E-state index in [1.54, 1.807) is 0 Å². The van der Waals surface area contributed by atoms with Crippen LogP contribution >= 0.6 is 0 Å². The minimum atomic E-state index is 0.636. The Labute approximate surface area is 244 Å². The van der Waals surface area contributed by atoms with Gasteiger partial charge in [0, 0.05) is 16.7 Å². The Kier molecular flexibility index (Phi) is 6.52. The van der Waals surface area contributed by atoms with E-state index >= 15 is 0 Å². The normalized spacial score (nSPS) is 10.8. The topological polar surface area (TPSA) is 62.5 Å². The molecule has 196 valence electrons. The van der Waals surface area contributed by atoms with Crippen LogP contribution in [-0.4, -0.2) is 15.0 Å². The Morgan fingerprint density at radius 3 is 1.33 bits per heavy atom. The lowest BCUT2D eigenvalue weighted by atomic mass is 9.96. The zero-order valence-electron chi connectivity index (χ0n) is 22.6. The molecule has 0 radical (unpaired) electrons. The molecule has 1 heterocycles. The van der Waals surface area contributed by atoms with Crippen molar-refractivity contribution in [3.05, 3.63) is 151 Å². The number of fused-ring (bicyclic) bond motifs is 1. The largest absolute Gasteiger partial charge is 0.208 e. The highest BCUT2D eigenvalue weighted by Gasteiger charge is 2.12. The van der Waals surface area contributed by atoms with Gasteiger partial charge in [0.15, 0.2) is 17.5 Å². The monoisotopic (exact) mass is 536 g/mol. The Morgan fingerprint density at radius 1 is 0.357 bits per heavy atom. The summed E-state index contributed by atoms with van der Waals surface area (Å²) < 4.78 is 0. The summed E-state index contributed by atoms with van der Waals surface area (Å²) in [5.41, 5.74) is 7.84. The molecular weight excluding hydrogens is 512 g/mol. The van der Waals surface area contributed by atoms with Gasteiger partial charge >= 0.3 is 0 Å². The van der Waals surface area contributed by atoms with Gasteiger partial charge in [0.25, 0.3) is 0 Å². The summed E-state index contributed by atoms with van der Waals surface area (Å²) in [7, 11) is 0. The van der Waals surface area contributed by atoms with Crippen molar-refractivity contribution < 1.29 is 0 Å². The van der Waals surface area contributed by atoms with E-state index < -0.39 is 0 Å². The molecular formula is C38H24N4. The van der Waals surface area contributed by atoms with Crippen molar-refractivity contribution in [1.82, 2.24) is 15.0 Å². The number of hydrogen-bond acceptors (Lipinski definition) is 4. The first-order valence-electron chi connectivity index (χ1n) is 13.8. The third-order valence-corrected chi connectivity index (χ3v) is 7.34. The lowest BCUT2D eigenvalue weighted by Crippen LogP contribution is -2.00. The maximum Gasteiger partial charge on any atom is 0.164 e. The number of benzene rings is 6. The van der Waals surface area contributed by atoms with Crippen LogP contribution in [0.15, 0.2) is 146 Å². The van der Waals surface area contributed by atoms with E-state index in [1.165, 1.54) is 5.39 Å². The van der Waals surface area contributed by atoms with E-state index in [0.29, 0.717) is 23.0 Å². The molecule has 0 aliphatic carbocycles. The van der Waals surface area contributed by atoms with Crippen LogP contribution < -0.4 is 0 Å². The first-order valence-corrected chi connectivity index (χ1v) is 13.8. The van der Waals surface area contributed by atoms with E-state index in [9.17, 15) is 5.26 Å². The minimum absolute atomic E-state index is 0.636. The van der Waals surface area contributed by atoms with Gasteiger partial charge in [-0.2, -0.15) is 5.26 Å². The molecule has 1 aromatic heterocycles. The number of hydrogen-bond donors (Lipinski definition) is 0. The van der Waals surface area contributed by atoms with Crippen LogP contribution in [0.1, 0.15) is 5.56 Å². The Morgan fingerprint density at radius 2 is 0.786 bits per heavy atom. The summed E-state index contributed by atoms with van der Waals surface area (Å²) in [5.74, 6) is 1.93. The highest BCUT2D eigenvalue weighted by atomic mass is 15.0. The third-order valence-electron chi connectivity index (χ3n) is 7.34. The number of nitriles is 1. The SMILES string of the molecule is N#Cc1cccc(-c2ccc3ccc(-c4ccc(-c5nc(-c6ccccc6)nc(-c6ccccc6)n5)cc4)cc3c2)c1. The van der Waals surface area contributed by atoms with E-state index in [2.05, 4.69) is 66.7 Å². The third kappa shape index (κ3) is 5.03. The predicted molar refractivity (Wildman–Crippen MR) is 169 cm³/mol. The van der Waals surface area contributed by atoms with Crippen LogP contribution in [0.25, 0.3) is 67.2 Å². The van der Waals surface area contributed by atoms with Crippen LogP contribution in [0.5, 0.6) is 0 Å². The fourth-order valence-corrected chi connectivity index (χ4v) is 5.12. The predicted octanol–water partition coefficient (Wildman–Crippen LogP) is 9.23. The van der Waals surface area contributed by atoms with Crippen LogP contribution in [0.2, 0.25) is 0 Å². The molecule has 0 saturated heterocycles. The van der Waals surface area contributed by atoms with Gasteiger partial charge in [-0.25, -0.2) is 15.0 Å². The maximum absolute atomic E-state index is 9.31. The first kappa shape index (κ1) is 25.1. The lowest BCUT2D eigenvalue weighted by molar-refractivity contribution is 1.07. The summed E-state index contributed by atoms with van der Waals surface area (Å²) in [4.78, 5) is 14.5. The molecule has 0 unspecified atom stereocenters. The second kappa shape index (κ2) is 10.9. The molecule has 6 aromatic carbocycles. The van der Waals surface area contributed by atoms with Gasteiger partial charge in [-0.15, -0.1) is 0 Å². The molecule has 0 N–H and O–H groups in total. The fraction of sp³-hybridized carbons (Fsp3) is 0. The van der Waals surface area contributed by atoms with Crippen LogP contribution in [0.3, 0.4) is 0 Å². The number of aromatic nitrogens is 3. The smallest absolute Gasteiger partial charge is 0.164 e. The summed E-state index contributed by atoms with van der Waals surface area (Å²) in [6.45, 7) is 0. The van der Waals surface area contributed by atoms with Crippen molar-refractivity contribution in [3.8, 4) is 62.5 Å². The molecule has 0 spiro atoms. The van der Waals surface area contributed by atoms with Gasteiger partial charge in [-0.1, -0.05) is 121 Å². The molecule has 4 heteroatoms. The first-order chi connectivity index (χ1) is 20.7. The maximum atomic E-state index is 9.31. The molecule has 42 heavy (non-hydrogen) atoms. The van der Waals surface area contributed by atoms with Gasteiger partial charge in [0.1, 0.15) is 0 Å². The van der Waals surface area contributed by atoms with Crippen molar-refractivity contribution in [2.45, 2.75) is 0 Å². The zero-order chi connectivity index (χ0) is 28.3. The van der Waals surface area contributed by atoms with E-state index in [4.69, 9.17) is 15.0 Å². The zero-order valence-corrected chi connectivity index (χ0v) is 22.6. The van der Waals surface area contributed by atoms with Gasteiger partial charge in [-0.05, 0) is 57.3 Å². The second-order valence-corrected chi connectivity index (χ2v) is 10.1. The van der Waals surface area contributed by atoms with Crippen molar-refractivity contribution >= 4 is 10.8 Å². The van der Waals surface area contributed by atoms with E-state index in [-0.39, 0.29) is 0 Å². The number of rotatable bonds is 5. The molecule has 4 nitrogen and oxygen atoms in total. The average Bonchev–Trinajstić information content (AvgIpc) is 3.08. The minimum Gasteiger partial charge on any atom is -0.208 e. The molecule has 0 bridgehead atoms. The van der Waals surface area contributed by atoms with Gasteiger partial charge in [0.05, 0.1) is 11.6 Å². The Bertz CT molecular complexity index is 2020. The highest BCUT2D eigenvalue weighted by molar-refractivity contribution is 5.91. The molecule has 0 aliphatic heterocycles. The standard InChI is InChI=1S/C38H24N4/c39-25-26-8-7-13-32(22-26)34-21-17-28-16-20-33(23-35(28)24-34)27-14-18-31(19-15-27)38-41-36(29-9-3-1-4-10-29)40-37(42-38)30-11-5-2-6-12-30/h1-24H. The van der Waals surface area contributed by atoms with Crippen LogP contribution in [0.4, 0.5) is 0 Å². The molecule has 7 rings (SSSR count). The molecule has 0 fully saturated rings. The Balaban J connectivity index is 1.25.